The number of hydrogen-bond donors (Lipinski definition) is 1. The van der Waals surface area contributed by atoms with Crippen LogP contribution in [0.25, 0.3) is 5.65 Å². The Hall–Kier alpha value is -2.95. The van der Waals surface area contributed by atoms with Gasteiger partial charge < -0.3 is 19.2 Å². The summed E-state index contributed by atoms with van der Waals surface area (Å²) < 4.78 is 52.3. The smallest absolute Gasteiger partial charge is 0.348 e. The Balaban J connectivity index is 1.23. The van der Waals surface area contributed by atoms with Gasteiger partial charge in [0.05, 0.1) is 5.56 Å². The van der Waals surface area contributed by atoms with E-state index in [0.29, 0.717) is 6.54 Å². The lowest BCUT2D eigenvalue weighted by Gasteiger charge is -2.31. The first-order valence-electron chi connectivity index (χ1n) is 11.6. The van der Waals surface area contributed by atoms with Gasteiger partial charge in [-0.25, -0.2) is 4.98 Å². The van der Waals surface area contributed by atoms with Crippen molar-refractivity contribution >= 4 is 11.6 Å². The number of halogens is 3. The molecular formula is C25H27F3N4O3. The first-order valence-corrected chi connectivity index (χ1v) is 11.6. The lowest BCUT2D eigenvalue weighted by atomic mass is 9.99. The van der Waals surface area contributed by atoms with Crippen molar-refractivity contribution in [3.05, 3.63) is 71.2 Å². The van der Waals surface area contributed by atoms with E-state index in [-0.39, 0.29) is 30.1 Å². The van der Waals surface area contributed by atoms with E-state index in [2.05, 4.69) is 33.4 Å². The van der Waals surface area contributed by atoms with E-state index in [1.807, 2.05) is 19.9 Å². The van der Waals surface area contributed by atoms with Crippen molar-refractivity contribution in [2.24, 2.45) is 0 Å². The number of amides is 1. The molecule has 4 heterocycles. The number of imidazole rings is 1. The molecule has 0 bridgehead atoms. The topological polar surface area (TPSA) is 68.1 Å². The molecule has 2 atom stereocenters. The van der Waals surface area contributed by atoms with Crippen molar-refractivity contribution in [3.8, 4) is 0 Å². The van der Waals surface area contributed by atoms with Gasteiger partial charge >= 0.3 is 6.18 Å². The number of carbonyl (C=O) groups excluding carboxylic acids is 1. The molecule has 1 saturated heterocycles. The molecule has 0 unspecified atom stereocenters. The fraction of sp³-hybridized carbons (Fsp3) is 0.440. The molecule has 7 nitrogen and oxygen atoms in total. The number of nitrogens with one attached hydrogen (secondary N) is 1. The summed E-state index contributed by atoms with van der Waals surface area (Å²) >= 11 is 0. The van der Waals surface area contributed by atoms with Crippen molar-refractivity contribution in [1.82, 2.24) is 19.6 Å². The van der Waals surface area contributed by atoms with Gasteiger partial charge in [0.25, 0.3) is 5.91 Å². The lowest BCUT2D eigenvalue weighted by molar-refractivity contribution is -0.147. The maximum Gasteiger partial charge on any atom is 0.417 e. The van der Waals surface area contributed by atoms with Crippen LogP contribution < -0.4 is 5.32 Å². The second kappa shape index (κ2) is 8.92. The molecule has 0 spiro atoms. The van der Waals surface area contributed by atoms with Gasteiger partial charge in [-0.2, -0.15) is 13.2 Å². The summed E-state index contributed by atoms with van der Waals surface area (Å²) in [5.41, 5.74) is 2.16. The molecule has 3 aromatic rings. The minimum atomic E-state index is -4.47. The Morgan fingerprint density at radius 2 is 1.86 bits per heavy atom. The number of benzene rings is 1. The van der Waals surface area contributed by atoms with E-state index >= 15 is 0 Å². The highest BCUT2D eigenvalue weighted by atomic mass is 19.4. The third-order valence-electron chi connectivity index (χ3n) is 6.41. The summed E-state index contributed by atoms with van der Waals surface area (Å²) in [6, 6.07) is 10.6. The van der Waals surface area contributed by atoms with Gasteiger partial charge in [0.15, 0.2) is 5.79 Å². The van der Waals surface area contributed by atoms with Crippen molar-refractivity contribution in [3.63, 3.8) is 0 Å². The molecule has 1 fully saturated rings. The van der Waals surface area contributed by atoms with Crippen LogP contribution in [-0.4, -0.2) is 57.8 Å². The van der Waals surface area contributed by atoms with E-state index in [0.717, 1.165) is 31.8 Å². The van der Waals surface area contributed by atoms with E-state index < -0.39 is 23.4 Å². The molecule has 35 heavy (non-hydrogen) atoms. The van der Waals surface area contributed by atoms with Crippen LogP contribution in [-0.2, 0) is 28.6 Å². The third kappa shape index (κ3) is 5.19. The number of aromatic nitrogens is 2. The predicted octanol–water partition coefficient (Wildman–Crippen LogP) is 3.66. The zero-order valence-electron chi connectivity index (χ0n) is 19.5. The van der Waals surface area contributed by atoms with Gasteiger partial charge in [-0.05, 0) is 43.5 Å². The number of ether oxygens (including phenoxy) is 2. The average molecular weight is 489 g/mol. The first-order chi connectivity index (χ1) is 16.6. The minimum absolute atomic E-state index is 0.0340. The van der Waals surface area contributed by atoms with E-state index in [9.17, 15) is 18.0 Å². The second-order valence-corrected chi connectivity index (χ2v) is 9.48. The van der Waals surface area contributed by atoms with Crippen LogP contribution in [0.1, 0.15) is 41.0 Å². The molecule has 0 aliphatic carbocycles. The zero-order chi connectivity index (χ0) is 24.8. The first kappa shape index (κ1) is 23.8. The van der Waals surface area contributed by atoms with Gasteiger partial charge in [-0.15, -0.1) is 0 Å². The predicted molar refractivity (Wildman–Crippen MR) is 122 cm³/mol. The second-order valence-electron chi connectivity index (χ2n) is 9.48. The van der Waals surface area contributed by atoms with Crippen LogP contribution in [0.3, 0.4) is 0 Å². The summed E-state index contributed by atoms with van der Waals surface area (Å²) in [6.07, 6.45) is -1.91. The van der Waals surface area contributed by atoms with Crippen LogP contribution in [0.5, 0.6) is 0 Å². The summed E-state index contributed by atoms with van der Waals surface area (Å²) in [5, 5.41) is 2.81. The van der Waals surface area contributed by atoms with Crippen LogP contribution in [0.15, 0.2) is 48.8 Å². The Kier molecular flexibility index (Phi) is 6.06. The number of hydrogen-bond acceptors (Lipinski definition) is 5. The largest absolute Gasteiger partial charge is 0.417 e. The van der Waals surface area contributed by atoms with E-state index in [1.54, 1.807) is 0 Å². The number of pyridine rings is 1. The molecule has 0 radical (unpaired) electrons. The Morgan fingerprint density at radius 1 is 1.11 bits per heavy atom. The van der Waals surface area contributed by atoms with Gasteiger partial charge in [0.2, 0.25) is 0 Å². The van der Waals surface area contributed by atoms with Crippen LogP contribution in [0.4, 0.5) is 13.2 Å². The molecule has 1 amide bonds. The fourth-order valence-corrected chi connectivity index (χ4v) is 4.75. The molecule has 1 N–H and O–H groups in total. The third-order valence-corrected chi connectivity index (χ3v) is 6.41. The Labute approximate surface area is 200 Å². The van der Waals surface area contributed by atoms with Crippen LogP contribution in [0, 0.1) is 0 Å². The fourth-order valence-electron chi connectivity index (χ4n) is 4.75. The normalized spacial score (nSPS) is 22.3. The molecule has 2 aliphatic heterocycles. The Bertz CT molecular complexity index is 1240. The monoisotopic (exact) mass is 488 g/mol. The number of carbonyl (C=O) groups is 1. The minimum Gasteiger partial charge on any atom is -0.348 e. The van der Waals surface area contributed by atoms with Gasteiger partial charge in [0.1, 0.15) is 23.5 Å². The molecule has 2 aromatic heterocycles. The summed E-state index contributed by atoms with van der Waals surface area (Å²) in [6.45, 7) is 6.28. The van der Waals surface area contributed by atoms with Crippen molar-refractivity contribution in [2.45, 2.75) is 51.0 Å². The lowest BCUT2D eigenvalue weighted by Crippen LogP contribution is -2.44. The van der Waals surface area contributed by atoms with Crippen molar-refractivity contribution in [1.29, 1.82) is 0 Å². The maximum absolute atomic E-state index is 13.0. The number of rotatable bonds is 5. The standard InChI is InChI=1S/C25H27F3N4O3/c1-24(2)34-20(21(35-24)15-31-10-9-16-5-3-4-6-17(16)12-31)11-29-23(33)19-14-32-13-18(25(26,27)28)7-8-22(32)30-19/h3-8,13-14,20-21H,9-12,15H2,1-2H3,(H,29,33)/t20-,21+/m1/s1. The molecule has 10 heteroatoms. The maximum atomic E-state index is 13.0. The SMILES string of the molecule is CC1(C)O[C@@H](CN2CCc3ccccc3C2)[C@@H](CNC(=O)c2cn3cc(C(F)(F)F)ccc3n2)O1. The molecule has 186 valence electrons. The highest BCUT2D eigenvalue weighted by Crippen LogP contribution is 2.31. The molecule has 1 aromatic carbocycles. The molecule has 0 saturated carbocycles. The van der Waals surface area contributed by atoms with E-state index in [1.165, 1.54) is 27.8 Å². The van der Waals surface area contributed by atoms with E-state index in [4.69, 9.17) is 9.47 Å². The number of fused-ring (bicyclic) bond motifs is 2. The average Bonchev–Trinajstić information content (AvgIpc) is 3.36. The number of alkyl halides is 3. The van der Waals surface area contributed by atoms with Crippen LogP contribution >= 0.6 is 0 Å². The highest BCUT2D eigenvalue weighted by molar-refractivity contribution is 5.92. The molecule has 5 rings (SSSR count). The van der Waals surface area contributed by atoms with Gasteiger partial charge in [0, 0.05) is 38.6 Å². The molecular weight excluding hydrogens is 461 g/mol. The van der Waals surface area contributed by atoms with Gasteiger partial charge in [-0.1, -0.05) is 24.3 Å². The summed E-state index contributed by atoms with van der Waals surface area (Å²) in [7, 11) is 0. The molecule has 2 aliphatic rings. The van der Waals surface area contributed by atoms with Crippen molar-refractivity contribution < 1.29 is 27.4 Å². The Morgan fingerprint density at radius 3 is 2.63 bits per heavy atom. The van der Waals surface area contributed by atoms with Crippen molar-refractivity contribution in [2.75, 3.05) is 19.6 Å². The van der Waals surface area contributed by atoms with Crippen LogP contribution in [0.2, 0.25) is 0 Å². The highest BCUT2D eigenvalue weighted by Gasteiger charge is 2.42. The summed E-state index contributed by atoms with van der Waals surface area (Å²) in [4.78, 5) is 19.2. The summed E-state index contributed by atoms with van der Waals surface area (Å²) in [5.74, 6) is -1.27. The quantitative estimate of drug-likeness (QED) is 0.594. The van der Waals surface area contributed by atoms with Gasteiger partial charge in [-0.3, -0.25) is 9.69 Å². The zero-order valence-corrected chi connectivity index (χ0v) is 19.5. The number of nitrogens with zero attached hydrogens (tertiary/aromatic N) is 3.